The van der Waals surface area contributed by atoms with Crippen molar-refractivity contribution in [3.05, 3.63) is 29.8 Å². The average Bonchev–Trinajstić information content (AvgIpc) is 2.46. The molecule has 24 heavy (non-hydrogen) atoms. The van der Waals surface area contributed by atoms with Gasteiger partial charge < -0.3 is 10.2 Å². The molecule has 0 aromatic heterocycles. The maximum absolute atomic E-state index is 12.3. The normalized spacial score (nSPS) is 19.2. The van der Waals surface area contributed by atoms with Gasteiger partial charge in [-0.2, -0.15) is 13.2 Å². The van der Waals surface area contributed by atoms with Gasteiger partial charge in [-0.1, -0.05) is 25.1 Å². The van der Waals surface area contributed by atoms with Crippen LogP contribution in [0.3, 0.4) is 0 Å². The monoisotopic (exact) mass is 364 g/mol. The van der Waals surface area contributed by atoms with E-state index in [9.17, 15) is 21.6 Å². The molecule has 0 aliphatic carbocycles. The van der Waals surface area contributed by atoms with Gasteiger partial charge in [-0.05, 0) is 24.1 Å². The molecule has 1 aromatic carbocycles. The Morgan fingerprint density at radius 3 is 2.46 bits per heavy atom. The van der Waals surface area contributed by atoms with E-state index < -0.39 is 28.4 Å². The fourth-order valence-electron chi connectivity index (χ4n) is 2.84. The van der Waals surface area contributed by atoms with Crippen LogP contribution in [0.2, 0.25) is 0 Å². The average molecular weight is 364 g/mol. The first-order valence-electron chi connectivity index (χ1n) is 7.97. The number of nitrogens with zero attached hydrogens (tertiary/aromatic N) is 1. The van der Waals surface area contributed by atoms with Crippen LogP contribution in [0, 0.1) is 5.92 Å². The molecule has 8 heteroatoms. The maximum atomic E-state index is 12.3. The molecule has 0 spiro atoms. The minimum Gasteiger partial charge on any atom is -0.369 e. The number of para-hydroxylation sites is 1. The fourth-order valence-corrected chi connectivity index (χ4v) is 4.04. The number of rotatable bonds is 6. The van der Waals surface area contributed by atoms with Crippen LogP contribution in [0.1, 0.15) is 18.9 Å². The number of nitrogens with one attached hydrogen (secondary N) is 1. The summed E-state index contributed by atoms with van der Waals surface area (Å²) in [5.74, 6) is -0.216. The molecule has 4 nitrogen and oxygen atoms in total. The van der Waals surface area contributed by atoms with E-state index in [1.807, 2.05) is 29.2 Å². The van der Waals surface area contributed by atoms with Gasteiger partial charge in [-0.3, -0.25) is 0 Å². The highest BCUT2D eigenvalue weighted by atomic mass is 32.2. The smallest absolute Gasteiger partial charge is 0.369 e. The van der Waals surface area contributed by atoms with Crippen LogP contribution >= 0.6 is 0 Å². The Hall–Kier alpha value is -1.28. The van der Waals surface area contributed by atoms with E-state index in [-0.39, 0.29) is 18.1 Å². The zero-order chi connectivity index (χ0) is 17.8. The molecular weight excluding hydrogens is 341 g/mol. The Morgan fingerprint density at radius 1 is 1.21 bits per heavy atom. The Balaban J connectivity index is 1.92. The van der Waals surface area contributed by atoms with E-state index in [0.29, 0.717) is 19.6 Å². The lowest BCUT2D eigenvalue weighted by Crippen LogP contribution is -2.41. The summed E-state index contributed by atoms with van der Waals surface area (Å²) in [6.45, 7) is 3.21. The first-order valence-corrected chi connectivity index (χ1v) is 9.79. The largest absolute Gasteiger partial charge is 0.389 e. The highest BCUT2D eigenvalue weighted by molar-refractivity contribution is 7.91. The number of hydrogen-bond donors (Lipinski definition) is 1. The molecule has 0 saturated carbocycles. The van der Waals surface area contributed by atoms with Crippen LogP contribution in [0.4, 0.5) is 18.9 Å². The van der Waals surface area contributed by atoms with E-state index in [0.717, 1.165) is 11.3 Å². The summed E-state index contributed by atoms with van der Waals surface area (Å²) >= 11 is 0. The van der Waals surface area contributed by atoms with E-state index >= 15 is 0 Å². The van der Waals surface area contributed by atoms with E-state index in [2.05, 4.69) is 5.32 Å². The van der Waals surface area contributed by atoms with E-state index in [1.54, 1.807) is 6.92 Å². The number of halogens is 3. The van der Waals surface area contributed by atoms with Crippen LogP contribution in [-0.4, -0.2) is 45.7 Å². The minimum absolute atomic E-state index is 0.136. The maximum Gasteiger partial charge on any atom is 0.389 e. The predicted octanol–water partition coefficient (Wildman–Crippen LogP) is 2.60. The molecule has 0 bridgehead atoms. The third-order valence-electron chi connectivity index (χ3n) is 4.06. The summed E-state index contributed by atoms with van der Waals surface area (Å²) in [7, 11) is -2.95. The molecule has 2 rings (SSSR count). The number of benzene rings is 1. The van der Waals surface area contributed by atoms with Crippen molar-refractivity contribution in [3.8, 4) is 0 Å². The SMILES string of the molecule is C[C@@H](CNCc1ccccc1N1CCS(=O)(=O)CC1)CC(F)(F)F. The van der Waals surface area contributed by atoms with Crippen LogP contribution in [0.25, 0.3) is 0 Å². The second-order valence-electron chi connectivity index (χ2n) is 6.32. The lowest BCUT2D eigenvalue weighted by Gasteiger charge is -2.30. The number of sulfone groups is 1. The van der Waals surface area contributed by atoms with Crippen molar-refractivity contribution in [2.24, 2.45) is 5.92 Å². The van der Waals surface area contributed by atoms with Crippen molar-refractivity contribution in [2.75, 3.05) is 36.0 Å². The summed E-state index contributed by atoms with van der Waals surface area (Å²) in [4.78, 5) is 2.03. The molecule has 1 fully saturated rings. The first-order chi connectivity index (χ1) is 11.2. The number of alkyl halides is 3. The quantitative estimate of drug-likeness (QED) is 0.843. The molecule has 0 radical (unpaired) electrons. The second kappa shape index (κ2) is 7.74. The van der Waals surface area contributed by atoms with Crippen molar-refractivity contribution < 1.29 is 21.6 Å². The molecule has 1 aliphatic heterocycles. The van der Waals surface area contributed by atoms with Crippen LogP contribution in [-0.2, 0) is 16.4 Å². The van der Waals surface area contributed by atoms with Gasteiger partial charge in [0.25, 0.3) is 0 Å². The Bertz CT molecular complexity index is 633. The Kier molecular flexibility index (Phi) is 6.14. The van der Waals surface area contributed by atoms with Crippen molar-refractivity contribution in [2.45, 2.75) is 26.1 Å². The Morgan fingerprint density at radius 2 is 1.83 bits per heavy atom. The molecule has 1 heterocycles. The van der Waals surface area contributed by atoms with Crippen molar-refractivity contribution in [3.63, 3.8) is 0 Å². The molecule has 0 unspecified atom stereocenters. The van der Waals surface area contributed by atoms with Crippen molar-refractivity contribution >= 4 is 15.5 Å². The van der Waals surface area contributed by atoms with Crippen LogP contribution < -0.4 is 10.2 Å². The summed E-state index contributed by atoms with van der Waals surface area (Å²) in [5, 5.41) is 3.07. The van der Waals surface area contributed by atoms with Gasteiger partial charge in [0, 0.05) is 31.7 Å². The second-order valence-corrected chi connectivity index (χ2v) is 8.63. The van der Waals surface area contributed by atoms with Gasteiger partial charge in [0.1, 0.15) is 0 Å². The molecule has 0 amide bonds. The van der Waals surface area contributed by atoms with Gasteiger partial charge >= 0.3 is 6.18 Å². The highest BCUT2D eigenvalue weighted by Crippen LogP contribution is 2.25. The lowest BCUT2D eigenvalue weighted by atomic mass is 10.1. The van der Waals surface area contributed by atoms with E-state index in [4.69, 9.17) is 0 Å². The third-order valence-corrected chi connectivity index (χ3v) is 5.67. The number of anilines is 1. The van der Waals surface area contributed by atoms with Crippen LogP contribution in [0.5, 0.6) is 0 Å². The molecule has 1 aromatic rings. The molecule has 1 saturated heterocycles. The van der Waals surface area contributed by atoms with Gasteiger partial charge in [0.2, 0.25) is 0 Å². The van der Waals surface area contributed by atoms with Crippen molar-refractivity contribution in [1.29, 1.82) is 0 Å². The molecular formula is C16H23F3N2O2S. The molecule has 1 atom stereocenters. The predicted molar refractivity (Wildman–Crippen MR) is 88.9 cm³/mol. The Labute approximate surface area is 141 Å². The third kappa shape index (κ3) is 5.98. The van der Waals surface area contributed by atoms with Crippen molar-refractivity contribution in [1.82, 2.24) is 5.32 Å². The minimum atomic E-state index is -4.14. The summed E-state index contributed by atoms with van der Waals surface area (Å²) in [5.41, 5.74) is 1.92. The highest BCUT2D eigenvalue weighted by Gasteiger charge is 2.29. The van der Waals surface area contributed by atoms with Gasteiger partial charge in [0.15, 0.2) is 9.84 Å². The zero-order valence-corrected chi connectivity index (χ0v) is 14.5. The van der Waals surface area contributed by atoms with Crippen LogP contribution in [0.15, 0.2) is 24.3 Å². The molecule has 1 N–H and O–H groups in total. The van der Waals surface area contributed by atoms with Gasteiger partial charge in [-0.15, -0.1) is 0 Å². The van der Waals surface area contributed by atoms with Gasteiger partial charge in [-0.25, -0.2) is 8.42 Å². The topological polar surface area (TPSA) is 49.4 Å². The first kappa shape index (κ1) is 19.1. The summed E-state index contributed by atoms with van der Waals surface area (Å²) in [6.07, 6.45) is -4.94. The fraction of sp³-hybridized carbons (Fsp3) is 0.625. The zero-order valence-electron chi connectivity index (χ0n) is 13.6. The number of hydrogen-bond acceptors (Lipinski definition) is 4. The van der Waals surface area contributed by atoms with Gasteiger partial charge in [0.05, 0.1) is 11.5 Å². The standard InChI is InChI=1S/C16H23F3N2O2S/c1-13(10-16(17,18)19)11-20-12-14-4-2-3-5-15(14)21-6-8-24(22,23)9-7-21/h2-5,13,20H,6-12H2,1H3/t13-/m1/s1. The summed E-state index contributed by atoms with van der Waals surface area (Å²) < 4.78 is 60.1. The summed E-state index contributed by atoms with van der Waals surface area (Å²) in [6, 6.07) is 7.60. The lowest BCUT2D eigenvalue weighted by molar-refractivity contribution is -0.142. The van der Waals surface area contributed by atoms with E-state index in [1.165, 1.54) is 0 Å². The molecule has 136 valence electrons. The molecule has 1 aliphatic rings.